The highest BCUT2D eigenvalue weighted by Crippen LogP contribution is 2.24. The number of piperidine rings is 1. The number of rotatable bonds is 5. The van der Waals surface area contributed by atoms with Crippen LogP contribution in [0.1, 0.15) is 38.7 Å². The Morgan fingerprint density at radius 3 is 2.71 bits per heavy atom. The van der Waals surface area contributed by atoms with E-state index in [2.05, 4.69) is 5.32 Å². The van der Waals surface area contributed by atoms with E-state index in [1.54, 1.807) is 18.0 Å². The second-order valence-electron chi connectivity index (χ2n) is 6.53. The van der Waals surface area contributed by atoms with Crippen LogP contribution >= 0.6 is 0 Å². The minimum absolute atomic E-state index is 0.154. The summed E-state index contributed by atoms with van der Waals surface area (Å²) in [5.74, 6) is -0.284. The lowest BCUT2D eigenvalue weighted by molar-refractivity contribution is 0.145. The molecule has 1 saturated heterocycles. The van der Waals surface area contributed by atoms with Crippen molar-refractivity contribution in [2.24, 2.45) is 0 Å². The summed E-state index contributed by atoms with van der Waals surface area (Å²) in [4.78, 5) is 15.7. The number of hydrogen-bond donors (Lipinski definition) is 2. The van der Waals surface area contributed by atoms with Crippen molar-refractivity contribution in [1.29, 1.82) is 0 Å². The SMILES string of the molecule is CCC(C)N(C)C(=O)NCc1ccc(N2CCC(O)CC2)c(F)c1. The topological polar surface area (TPSA) is 55.8 Å². The van der Waals surface area contributed by atoms with Gasteiger partial charge in [-0.15, -0.1) is 0 Å². The Kier molecular flexibility index (Phi) is 6.43. The molecule has 134 valence electrons. The molecule has 2 rings (SSSR count). The fraction of sp³-hybridized carbons (Fsp3) is 0.611. The Morgan fingerprint density at radius 1 is 1.46 bits per heavy atom. The molecule has 0 saturated carbocycles. The van der Waals surface area contributed by atoms with Crippen molar-refractivity contribution in [1.82, 2.24) is 10.2 Å². The monoisotopic (exact) mass is 337 g/mol. The molecule has 0 aromatic heterocycles. The lowest BCUT2D eigenvalue weighted by Gasteiger charge is -2.31. The normalized spacial score (nSPS) is 16.8. The molecule has 1 atom stereocenters. The molecule has 1 unspecified atom stereocenters. The van der Waals surface area contributed by atoms with Gasteiger partial charge in [0, 0.05) is 32.7 Å². The van der Waals surface area contributed by atoms with Crippen LogP contribution in [0, 0.1) is 5.82 Å². The van der Waals surface area contributed by atoms with E-state index < -0.39 is 0 Å². The summed E-state index contributed by atoms with van der Waals surface area (Å²) in [6, 6.07) is 5.08. The summed E-state index contributed by atoms with van der Waals surface area (Å²) < 4.78 is 14.4. The Hall–Kier alpha value is -1.82. The largest absolute Gasteiger partial charge is 0.393 e. The molecule has 1 fully saturated rings. The van der Waals surface area contributed by atoms with Gasteiger partial charge in [0.1, 0.15) is 5.82 Å². The molecule has 2 N–H and O–H groups in total. The summed E-state index contributed by atoms with van der Waals surface area (Å²) in [5, 5.41) is 12.4. The van der Waals surface area contributed by atoms with Crippen LogP contribution in [0.15, 0.2) is 18.2 Å². The highest BCUT2D eigenvalue weighted by Gasteiger charge is 2.20. The number of aliphatic hydroxyl groups is 1. The minimum atomic E-state index is -0.284. The molecule has 5 nitrogen and oxygen atoms in total. The molecule has 1 aromatic carbocycles. The van der Waals surface area contributed by atoms with Crippen LogP contribution in [0.25, 0.3) is 0 Å². The number of hydrogen-bond acceptors (Lipinski definition) is 3. The smallest absolute Gasteiger partial charge is 0.317 e. The Labute approximate surface area is 143 Å². The van der Waals surface area contributed by atoms with E-state index in [4.69, 9.17) is 0 Å². The predicted octanol–water partition coefficient (Wildman–Crippen LogP) is 2.73. The first-order valence-electron chi connectivity index (χ1n) is 8.64. The Bertz CT molecular complexity index is 559. The van der Waals surface area contributed by atoms with Crippen molar-refractivity contribution in [3.63, 3.8) is 0 Å². The van der Waals surface area contributed by atoms with E-state index in [1.165, 1.54) is 6.07 Å². The van der Waals surface area contributed by atoms with E-state index in [-0.39, 0.29) is 24.0 Å². The van der Waals surface area contributed by atoms with E-state index in [1.807, 2.05) is 24.8 Å². The van der Waals surface area contributed by atoms with Gasteiger partial charge in [0.25, 0.3) is 0 Å². The van der Waals surface area contributed by atoms with Crippen molar-refractivity contribution in [3.8, 4) is 0 Å². The first kappa shape index (κ1) is 18.5. The number of nitrogens with one attached hydrogen (secondary N) is 1. The average molecular weight is 337 g/mol. The molecule has 2 amide bonds. The average Bonchev–Trinajstić information content (AvgIpc) is 2.59. The van der Waals surface area contributed by atoms with Crippen LogP contribution in [0.2, 0.25) is 0 Å². The highest BCUT2D eigenvalue weighted by molar-refractivity contribution is 5.74. The predicted molar refractivity (Wildman–Crippen MR) is 93.6 cm³/mol. The number of nitrogens with zero attached hydrogens (tertiary/aromatic N) is 2. The lowest BCUT2D eigenvalue weighted by Crippen LogP contribution is -2.41. The van der Waals surface area contributed by atoms with Gasteiger partial charge in [-0.25, -0.2) is 9.18 Å². The summed E-state index contributed by atoms with van der Waals surface area (Å²) in [5.41, 5.74) is 1.30. The second-order valence-corrected chi connectivity index (χ2v) is 6.53. The maximum absolute atomic E-state index is 14.4. The van der Waals surface area contributed by atoms with Crippen molar-refractivity contribution in [2.75, 3.05) is 25.0 Å². The van der Waals surface area contributed by atoms with E-state index in [9.17, 15) is 14.3 Å². The third kappa shape index (κ3) is 4.60. The molecular formula is C18H28FN3O2. The zero-order valence-corrected chi connectivity index (χ0v) is 14.8. The standard InChI is InChI=1S/C18H28FN3O2/c1-4-13(2)21(3)18(24)20-12-14-5-6-17(16(19)11-14)22-9-7-15(23)8-10-22/h5-6,11,13,15,23H,4,7-10,12H2,1-3H3,(H,20,24). The number of anilines is 1. The van der Waals surface area contributed by atoms with Crippen molar-refractivity contribution < 1.29 is 14.3 Å². The lowest BCUT2D eigenvalue weighted by atomic mass is 10.1. The molecule has 0 spiro atoms. The number of aliphatic hydroxyl groups excluding tert-OH is 1. The quantitative estimate of drug-likeness (QED) is 0.869. The third-order valence-corrected chi connectivity index (χ3v) is 4.83. The van der Waals surface area contributed by atoms with Gasteiger partial charge >= 0.3 is 6.03 Å². The minimum Gasteiger partial charge on any atom is -0.393 e. The van der Waals surface area contributed by atoms with Crippen molar-refractivity contribution >= 4 is 11.7 Å². The van der Waals surface area contributed by atoms with Gasteiger partial charge < -0.3 is 20.2 Å². The van der Waals surface area contributed by atoms with Crippen LogP contribution in [0.5, 0.6) is 0 Å². The van der Waals surface area contributed by atoms with Gasteiger partial charge in [-0.3, -0.25) is 0 Å². The fourth-order valence-corrected chi connectivity index (χ4v) is 2.80. The van der Waals surface area contributed by atoms with Gasteiger partial charge in [0.05, 0.1) is 11.8 Å². The van der Waals surface area contributed by atoms with Crippen molar-refractivity contribution in [3.05, 3.63) is 29.6 Å². The van der Waals surface area contributed by atoms with E-state index >= 15 is 0 Å². The molecule has 1 aliphatic rings. The maximum Gasteiger partial charge on any atom is 0.317 e. The van der Waals surface area contributed by atoms with Crippen LogP contribution in [-0.4, -0.2) is 48.3 Å². The Morgan fingerprint density at radius 2 is 2.12 bits per heavy atom. The number of carbonyl (C=O) groups excluding carboxylic acids is 1. The second kappa shape index (κ2) is 8.33. The zero-order chi connectivity index (χ0) is 17.7. The molecule has 0 radical (unpaired) electrons. The Balaban J connectivity index is 1.93. The summed E-state index contributed by atoms with van der Waals surface area (Å²) in [6.07, 6.45) is 1.94. The van der Waals surface area contributed by atoms with Gasteiger partial charge in [0.15, 0.2) is 0 Å². The first-order chi connectivity index (χ1) is 11.4. The van der Waals surface area contributed by atoms with Gasteiger partial charge in [0.2, 0.25) is 0 Å². The summed E-state index contributed by atoms with van der Waals surface area (Å²) >= 11 is 0. The third-order valence-electron chi connectivity index (χ3n) is 4.83. The number of carbonyl (C=O) groups is 1. The van der Waals surface area contributed by atoms with Crippen LogP contribution in [0.4, 0.5) is 14.9 Å². The first-order valence-corrected chi connectivity index (χ1v) is 8.64. The van der Waals surface area contributed by atoms with Crippen LogP contribution in [0.3, 0.4) is 0 Å². The number of amides is 2. The van der Waals surface area contributed by atoms with Crippen LogP contribution < -0.4 is 10.2 Å². The van der Waals surface area contributed by atoms with E-state index in [0.29, 0.717) is 38.2 Å². The number of urea groups is 1. The van der Waals surface area contributed by atoms with Gasteiger partial charge in [-0.05, 0) is 43.9 Å². The molecule has 1 heterocycles. The fourth-order valence-electron chi connectivity index (χ4n) is 2.80. The van der Waals surface area contributed by atoms with Gasteiger partial charge in [-0.1, -0.05) is 13.0 Å². The molecule has 1 aliphatic heterocycles. The molecule has 6 heteroatoms. The molecule has 24 heavy (non-hydrogen) atoms. The number of halogens is 1. The van der Waals surface area contributed by atoms with Crippen LogP contribution in [-0.2, 0) is 6.54 Å². The molecule has 1 aromatic rings. The van der Waals surface area contributed by atoms with E-state index in [0.717, 1.165) is 12.0 Å². The highest BCUT2D eigenvalue weighted by atomic mass is 19.1. The molecule has 0 aliphatic carbocycles. The molecule has 0 bridgehead atoms. The maximum atomic E-state index is 14.4. The molecular weight excluding hydrogens is 309 g/mol. The summed E-state index contributed by atoms with van der Waals surface area (Å²) in [6.45, 7) is 5.64. The number of benzene rings is 1. The van der Waals surface area contributed by atoms with Crippen molar-refractivity contribution in [2.45, 2.75) is 51.8 Å². The zero-order valence-electron chi connectivity index (χ0n) is 14.8. The summed E-state index contributed by atoms with van der Waals surface area (Å²) in [7, 11) is 1.76. The van der Waals surface area contributed by atoms with Gasteiger partial charge in [-0.2, -0.15) is 0 Å².